The number of hydrogen-bond donors (Lipinski definition) is 0. The van der Waals surface area contributed by atoms with Crippen LogP contribution in [0, 0.1) is 12.7 Å². The van der Waals surface area contributed by atoms with Gasteiger partial charge in [-0.15, -0.1) is 0 Å². The van der Waals surface area contributed by atoms with Gasteiger partial charge in [-0.05, 0) is 43.3 Å². The highest BCUT2D eigenvalue weighted by atomic mass is 19.1. The molecule has 0 saturated carbocycles. The second-order valence-corrected chi connectivity index (χ2v) is 6.94. The molecule has 0 amide bonds. The number of hydrogen-bond acceptors (Lipinski definition) is 4. The first-order valence-corrected chi connectivity index (χ1v) is 9.44. The van der Waals surface area contributed by atoms with Crippen molar-refractivity contribution in [2.75, 3.05) is 6.61 Å². The van der Waals surface area contributed by atoms with E-state index < -0.39 is 5.97 Å². The first kappa shape index (κ1) is 19.5. The van der Waals surface area contributed by atoms with Crippen molar-refractivity contribution in [3.8, 4) is 11.3 Å². The number of para-hydroxylation sites is 1. The molecule has 30 heavy (non-hydrogen) atoms. The normalized spacial score (nSPS) is 10.7. The lowest BCUT2D eigenvalue weighted by Crippen LogP contribution is -2.15. The number of carbonyl (C=O) groups excluding carboxylic acids is 2. The van der Waals surface area contributed by atoms with Crippen LogP contribution in [-0.4, -0.2) is 23.3 Å². The summed E-state index contributed by atoms with van der Waals surface area (Å²) < 4.78 is 18.6. The number of halogens is 1. The maximum Gasteiger partial charge on any atom is 0.339 e. The van der Waals surface area contributed by atoms with Crippen LogP contribution in [0.25, 0.3) is 22.2 Å². The molecule has 1 heterocycles. The molecule has 0 unspecified atom stereocenters. The fourth-order valence-corrected chi connectivity index (χ4v) is 3.14. The first-order valence-electron chi connectivity index (χ1n) is 9.44. The summed E-state index contributed by atoms with van der Waals surface area (Å²) in [5.74, 6) is -1.24. The molecular formula is C25H18FNO3. The zero-order valence-corrected chi connectivity index (χ0v) is 16.3. The summed E-state index contributed by atoms with van der Waals surface area (Å²) in [6.45, 7) is 1.58. The van der Waals surface area contributed by atoms with Crippen LogP contribution >= 0.6 is 0 Å². The van der Waals surface area contributed by atoms with E-state index in [1.807, 2.05) is 25.1 Å². The van der Waals surface area contributed by atoms with Crippen LogP contribution in [0.4, 0.5) is 4.39 Å². The number of ether oxygens (including phenoxy) is 1. The summed E-state index contributed by atoms with van der Waals surface area (Å²) in [6.07, 6.45) is 0. The van der Waals surface area contributed by atoms with E-state index in [1.165, 1.54) is 12.1 Å². The Bertz CT molecular complexity index is 1230. The molecule has 5 heteroatoms. The van der Waals surface area contributed by atoms with E-state index in [0.29, 0.717) is 33.3 Å². The number of rotatable bonds is 5. The van der Waals surface area contributed by atoms with Crippen LogP contribution in [0.1, 0.15) is 26.3 Å². The van der Waals surface area contributed by atoms with Crippen LogP contribution in [0.3, 0.4) is 0 Å². The molecule has 0 radical (unpaired) electrons. The lowest BCUT2D eigenvalue weighted by Gasteiger charge is -2.10. The standard InChI is InChI=1S/C25H18FNO3/c1-16-6-8-18(9-7-16)24(28)15-30-25(29)21-14-23(17-10-12-19(26)13-11-17)27-22-5-3-2-4-20(21)22/h2-14H,15H2,1H3. The number of aromatic nitrogens is 1. The molecule has 0 spiro atoms. The molecule has 0 aliphatic rings. The molecule has 0 aliphatic heterocycles. The second kappa shape index (κ2) is 8.25. The van der Waals surface area contributed by atoms with Gasteiger partial charge in [0.25, 0.3) is 0 Å². The molecule has 0 saturated heterocycles. The first-order chi connectivity index (χ1) is 14.5. The van der Waals surface area contributed by atoms with Crippen LogP contribution in [0.5, 0.6) is 0 Å². The maximum atomic E-state index is 13.3. The van der Waals surface area contributed by atoms with Crippen LogP contribution in [0.15, 0.2) is 78.9 Å². The Labute approximate surface area is 173 Å². The number of benzene rings is 3. The number of ketones is 1. The van der Waals surface area contributed by atoms with E-state index >= 15 is 0 Å². The number of fused-ring (bicyclic) bond motifs is 1. The number of aryl methyl sites for hydroxylation is 1. The minimum Gasteiger partial charge on any atom is -0.454 e. The molecule has 3 aromatic carbocycles. The zero-order chi connectivity index (χ0) is 21.1. The van der Waals surface area contributed by atoms with Gasteiger partial charge >= 0.3 is 5.97 Å². The SMILES string of the molecule is Cc1ccc(C(=O)COC(=O)c2cc(-c3ccc(F)cc3)nc3ccccc23)cc1. The summed E-state index contributed by atoms with van der Waals surface area (Å²) in [5.41, 5.74) is 3.63. The summed E-state index contributed by atoms with van der Waals surface area (Å²) in [5, 5.41) is 0.621. The highest BCUT2D eigenvalue weighted by Crippen LogP contribution is 2.25. The van der Waals surface area contributed by atoms with Crippen molar-refractivity contribution in [2.24, 2.45) is 0 Å². The fraction of sp³-hybridized carbons (Fsp3) is 0.0800. The van der Waals surface area contributed by atoms with Gasteiger partial charge in [0.15, 0.2) is 12.4 Å². The van der Waals surface area contributed by atoms with Gasteiger partial charge < -0.3 is 4.74 Å². The van der Waals surface area contributed by atoms with E-state index in [4.69, 9.17) is 4.74 Å². The van der Waals surface area contributed by atoms with E-state index in [2.05, 4.69) is 4.98 Å². The van der Waals surface area contributed by atoms with Gasteiger partial charge in [-0.25, -0.2) is 14.2 Å². The summed E-state index contributed by atoms with van der Waals surface area (Å²) in [4.78, 5) is 29.7. The van der Waals surface area contributed by atoms with Crippen molar-refractivity contribution < 1.29 is 18.7 Å². The van der Waals surface area contributed by atoms with Gasteiger partial charge in [-0.3, -0.25) is 4.79 Å². The summed E-state index contributed by atoms with van der Waals surface area (Å²) in [7, 11) is 0. The molecule has 4 rings (SSSR count). The second-order valence-electron chi connectivity index (χ2n) is 6.94. The van der Waals surface area contributed by atoms with E-state index in [1.54, 1.807) is 48.5 Å². The highest BCUT2D eigenvalue weighted by Gasteiger charge is 2.17. The average molecular weight is 399 g/mol. The van der Waals surface area contributed by atoms with E-state index in [9.17, 15) is 14.0 Å². The molecule has 4 aromatic rings. The van der Waals surface area contributed by atoms with Crippen LogP contribution in [0.2, 0.25) is 0 Å². The number of esters is 1. The molecular weight excluding hydrogens is 381 g/mol. The van der Waals surface area contributed by atoms with Gasteiger partial charge in [0.1, 0.15) is 5.82 Å². The third kappa shape index (κ3) is 4.10. The van der Waals surface area contributed by atoms with Crippen molar-refractivity contribution in [1.29, 1.82) is 0 Å². The van der Waals surface area contributed by atoms with Gasteiger partial charge in [-0.1, -0.05) is 48.0 Å². The smallest absolute Gasteiger partial charge is 0.339 e. The van der Waals surface area contributed by atoms with Crippen molar-refractivity contribution in [3.63, 3.8) is 0 Å². The number of carbonyl (C=O) groups is 2. The maximum absolute atomic E-state index is 13.3. The third-order valence-corrected chi connectivity index (χ3v) is 4.78. The lowest BCUT2D eigenvalue weighted by molar-refractivity contribution is 0.0476. The molecule has 4 nitrogen and oxygen atoms in total. The minimum atomic E-state index is -0.613. The predicted molar refractivity (Wildman–Crippen MR) is 113 cm³/mol. The molecule has 148 valence electrons. The Morgan fingerprint density at radius 2 is 1.63 bits per heavy atom. The van der Waals surface area contributed by atoms with Crippen LogP contribution < -0.4 is 0 Å². The Kier molecular flexibility index (Phi) is 5.35. The van der Waals surface area contributed by atoms with Gasteiger partial charge in [0.05, 0.1) is 16.8 Å². The largest absolute Gasteiger partial charge is 0.454 e. The number of nitrogens with zero attached hydrogens (tertiary/aromatic N) is 1. The lowest BCUT2D eigenvalue weighted by atomic mass is 10.0. The van der Waals surface area contributed by atoms with Crippen LogP contribution in [-0.2, 0) is 4.74 Å². The summed E-state index contributed by atoms with van der Waals surface area (Å²) >= 11 is 0. The molecule has 0 atom stereocenters. The van der Waals surface area contributed by atoms with Crippen molar-refractivity contribution in [3.05, 3.63) is 101 Å². The predicted octanol–water partition coefficient (Wildman–Crippen LogP) is 5.39. The fourth-order valence-electron chi connectivity index (χ4n) is 3.14. The van der Waals surface area contributed by atoms with Gasteiger partial charge in [0.2, 0.25) is 0 Å². The third-order valence-electron chi connectivity index (χ3n) is 4.78. The summed E-state index contributed by atoms with van der Waals surface area (Å²) in [6, 6.07) is 21.7. The van der Waals surface area contributed by atoms with Crippen molar-refractivity contribution in [2.45, 2.75) is 6.92 Å². The molecule has 1 aromatic heterocycles. The minimum absolute atomic E-state index is 0.277. The topological polar surface area (TPSA) is 56.3 Å². The van der Waals surface area contributed by atoms with Gasteiger partial charge in [-0.2, -0.15) is 0 Å². The average Bonchev–Trinajstić information content (AvgIpc) is 2.77. The molecule has 0 N–H and O–H groups in total. The van der Waals surface area contributed by atoms with Gasteiger partial charge in [0, 0.05) is 16.5 Å². The monoisotopic (exact) mass is 399 g/mol. The highest BCUT2D eigenvalue weighted by molar-refractivity contribution is 6.06. The Morgan fingerprint density at radius 1 is 0.933 bits per heavy atom. The Balaban J connectivity index is 1.63. The Hall–Kier alpha value is -3.86. The molecule has 0 aliphatic carbocycles. The van der Waals surface area contributed by atoms with Crippen molar-refractivity contribution in [1.82, 2.24) is 4.98 Å². The quantitative estimate of drug-likeness (QED) is 0.334. The number of pyridine rings is 1. The number of Topliss-reactive ketones (excluding diaryl/α,β-unsaturated/α-hetero) is 1. The van der Waals surface area contributed by atoms with Crippen molar-refractivity contribution >= 4 is 22.7 Å². The molecule has 0 bridgehead atoms. The van der Waals surface area contributed by atoms with E-state index in [-0.39, 0.29) is 18.2 Å². The van der Waals surface area contributed by atoms with E-state index in [0.717, 1.165) is 5.56 Å². The Morgan fingerprint density at radius 3 is 2.37 bits per heavy atom. The zero-order valence-electron chi connectivity index (χ0n) is 16.3. The molecule has 0 fully saturated rings.